The van der Waals surface area contributed by atoms with Crippen LogP contribution in [-0.4, -0.2) is 17.8 Å². The van der Waals surface area contributed by atoms with Gasteiger partial charge in [0.05, 0.1) is 18.1 Å². The first-order valence-electron chi connectivity index (χ1n) is 10.1. The summed E-state index contributed by atoms with van der Waals surface area (Å²) in [6.07, 6.45) is 2.07. The van der Waals surface area contributed by atoms with Gasteiger partial charge in [0.25, 0.3) is 5.69 Å². The number of Topliss-reactive ketones (excluding diaryl/α,β-unsaturated/α-hetero) is 1. The Kier molecular flexibility index (Phi) is 5.73. The van der Waals surface area contributed by atoms with Gasteiger partial charge < -0.3 is 9.64 Å². The maximum atomic E-state index is 13.7. The van der Waals surface area contributed by atoms with Gasteiger partial charge in [0.15, 0.2) is 0 Å². The van der Waals surface area contributed by atoms with Gasteiger partial charge in [-0.15, -0.1) is 0 Å². The number of nitrogens with zero attached hydrogens (tertiary/aromatic N) is 2. The van der Waals surface area contributed by atoms with Crippen molar-refractivity contribution in [1.29, 1.82) is 0 Å². The molecule has 32 heavy (non-hydrogen) atoms. The number of carbonyl (C=O) groups excluding carboxylic acids is 1. The van der Waals surface area contributed by atoms with Crippen LogP contribution in [0.3, 0.4) is 0 Å². The summed E-state index contributed by atoms with van der Waals surface area (Å²) in [5, 5.41) is 11.4. The minimum Gasteiger partial charge on any atom is -0.497 e. The first-order valence-corrected chi connectivity index (χ1v) is 10.1. The van der Waals surface area contributed by atoms with Crippen molar-refractivity contribution in [3.05, 3.63) is 99.4 Å². The molecule has 3 aromatic rings. The predicted molar refractivity (Wildman–Crippen MR) is 121 cm³/mol. The molecule has 0 aliphatic carbocycles. The number of hydrogen-bond donors (Lipinski definition) is 0. The molecule has 0 spiro atoms. The van der Waals surface area contributed by atoms with Crippen molar-refractivity contribution in [3.8, 4) is 5.75 Å². The smallest absolute Gasteiger partial charge is 0.269 e. The number of nitro groups is 1. The second-order valence-electron chi connectivity index (χ2n) is 7.60. The summed E-state index contributed by atoms with van der Waals surface area (Å²) >= 11 is 0. The van der Waals surface area contributed by atoms with Gasteiger partial charge in [-0.05, 0) is 84.3 Å². The van der Waals surface area contributed by atoms with Crippen molar-refractivity contribution < 1.29 is 18.8 Å². The molecule has 4 rings (SSSR count). The van der Waals surface area contributed by atoms with Crippen molar-refractivity contribution in [1.82, 2.24) is 0 Å². The average molecular weight is 432 g/mol. The summed E-state index contributed by atoms with van der Waals surface area (Å²) in [5.74, 6) is 0.269. The molecule has 1 atom stereocenters. The number of anilines is 1. The fourth-order valence-electron chi connectivity index (χ4n) is 4.00. The third kappa shape index (κ3) is 4.09. The summed E-state index contributed by atoms with van der Waals surface area (Å²) in [4.78, 5) is 25.1. The lowest BCUT2D eigenvalue weighted by atomic mass is 9.88. The van der Waals surface area contributed by atoms with Gasteiger partial charge in [0.1, 0.15) is 17.3 Å². The van der Waals surface area contributed by atoms with E-state index in [1.165, 1.54) is 31.2 Å². The highest BCUT2D eigenvalue weighted by Crippen LogP contribution is 2.44. The van der Waals surface area contributed by atoms with Gasteiger partial charge >= 0.3 is 0 Å². The number of rotatable bonds is 6. The molecule has 6 nitrogen and oxygen atoms in total. The van der Waals surface area contributed by atoms with Crippen LogP contribution in [0, 0.1) is 15.9 Å². The molecule has 1 aliphatic heterocycles. The number of methoxy groups -OCH3 is 1. The van der Waals surface area contributed by atoms with Gasteiger partial charge in [-0.2, -0.15) is 0 Å². The van der Waals surface area contributed by atoms with Crippen LogP contribution in [0.15, 0.2) is 66.7 Å². The van der Waals surface area contributed by atoms with Gasteiger partial charge in [0.2, 0.25) is 0 Å². The van der Waals surface area contributed by atoms with E-state index in [1.54, 1.807) is 25.3 Å². The van der Waals surface area contributed by atoms with Crippen LogP contribution in [0.25, 0.3) is 11.8 Å². The quantitative estimate of drug-likeness (QED) is 0.365. The summed E-state index contributed by atoms with van der Waals surface area (Å²) in [5.41, 5.74) is 3.77. The second kappa shape index (κ2) is 8.63. The molecule has 1 heterocycles. The first kappa shape index (κ1) is 21.2. The van der Waals surface area contributed by atoms with Crippen LogP contribution in [0.1, 0.15) is 36.1 Å². The SMILES string of the molecule is COc1ccc(C2=Cc3ccc([N+](=O)[O-])cc3C(CC(C)=O)N2c2ccc(F)cc2)cc1. The van der Waals surface area contributed by atoms with Crippen LogP contribution in [0.5, 0.6) is 5.75 Å². The molecule has 0 saturated heterocycles. The molecule has 0 bridgehead atoms. The molecule has 0 radical (unpaired) electrons. The average Bonchev–Trinajstić information content (AvgIpc) is 2.79. The fourth-order valence-corrected chi connectivity index (χ4v) is 4.00. The fraction of sp³-hybridized carbons (Fsp3) is 0.160. The Morgan fingerprint density at radius 1 is 1.09 bits per heavy atom. The van der Waals surface area contributed by atoms with Crippen LogP contribution < -0.4 is 9.64 Å². The van der Waals surface area contributed by atoms with E-state index in [0.717, 1.165) is 16.8 Å². The number of halogens is 1. The monoisotopic (exact) mass is 432 g/mol. The molecule has 162 valence electrons. The standard InChI is InChI=1S/C25H21FN2O4/c1-16(29)13-25-23-15-21(28(30)31)8-3-18(23)14-24(17-4-11-22(32-2)12-5-17)27(25)20-9-6-19(26)7-10-20/h3-12,14-15,25H,13H2,1-2H3. The molecule has 0 N–H and O–H groups in total. The highest BCUT2D eigenvalue weighted by atomic mass is 19.1. The Morgan fingerprint density at radius 3 is 2.38 bits per heavy atom. The normalized spacial score (nSPS) is 15.0. The van der Waals surface area contributed by atoms with E-state index in [2.05, 4.69) is 0 Å². The zero-order chi connectivity index (χ0) is 22.8. The molecule has 0 fully saturated rings. The Hall–Kier alpha value is -4.00. The number of fused-ring (bicyclic) bond motifs is 1. The third-order valence-electron chi connectivity index (χ3n) is 5.48. The lowest BCUT2D eigenvalue weighted by Gasteiger charge is -2.39. The van der Waals surface area contributed by atoms with Crippen molar-refractivity contribution >= 4 is 28.9 Å². The Balaban J connectivity index is 1.95. The summed E-state index contributed by atoms with van der Waals surface area (Å²) in [6, 6.07) is 17.7. The Bertz CT molecular complexity index is 1200. The molecule has 1 unspecified atom stereocenters. The van der Waals surface area contributed by atoms with Crippen LogP contribution in [0.4, 0.5) is 15.8 Å². The summed E-state index contributed by atoms with van der Waals surface area (Å²) in [7, 11) is 1.59. The van der Waals surface area contributed by atoms with E-state index in [1.807, 2.05) is 35.2 Å². The van der Waals surface area contributed by atoms with Crippen molar-refractivity contribution in [2.45, 2.75) is 19.4 Å². The molecular weight excluding hydrogens is 411 g/mol. The minimum atomic E-state index is -0.491. The van der Waals surface area contributed by atoms with Crippen molar-refractivity contribution in [2.75, 3.05) is 12.0 Å². The van der Waals surface area contributed by atoms with E-state index < -0.39 is 11.0 Å². The highest BCUT2D eigenvalue weighted by molar-refractivity contribution is 5.95. The van der Waals surface area contributed by atoms with E-state index in [-0.39, 0.29) is 23.7 Å². The van der Waals surface area contributed by atoms with Crippen LogP contribution >= 0.6 is 0 Å². The van der Waals surface area contributed by atoms with Gasteiger partial charge in [-0.25, -0.2) is 4.39 Å². The molecule has 7 heteroatoms. The van der Waals surface area contributed by atoms with Crippen LogP contribution in [-0.2, 0) is 4.79 Å². The summed E-state index contributed by atoms with van der Waals surface area (Å²) in [6.45, 7) is 1.49. The molecule has 0 aromatic heterocycles. The van der Waals surface area contributed by atoms with E-state index in [4.69, 9.17) is 4.74 Å². The van der Waals surface area contributed by atoms with Crippen LogP contribution in [0.2, 0.25) is 0 Å². The van der Waals surface area contributed by atoms with Crippen molar-refractivity contribution in [3.63, 3.8) is 0 Å². The molecule has 3 aromatic carbocycles. The molecule has 0 amide bonds. The number of nitro benzene ring substituents is 1. The minimum absolute atomic E-state index is 0.0438. The largest absolute Gasteiger partial charge is 0.497 e. The topological polar surface area (TPSA) is 72.7 Å². The Labute approximate surface area is 184 Å². The first-order chi connectivity index (χ1) is 15.4. The number of non-ortho nitro benzene ring substituents is 1. The lowest BCUT2D eigenvalue weighted by Crippen LogP contribution is -2.32. The number of carbonyl (C=O) groups is 1. The Morgan fingerprint density at radius 2 is 1.78 bits per heavy atom. The second-order valence-corrected chi connectivity index (χ2v) is 7.60. The number of ketones is 1. The third-order valence-corrected chi connectivity index (χ3v) is 5.48. The zero-order valence-corrected chi connectivity index (χ0v) is 17.6. The van der Waals surface area contributed by atoms with E-state index in [9.17, 15) is 19.3 Å². The van der Waals surface area contributed by atoms with Gasteiger partial charge in [-0.1, -0.05) is 0 Å². The molecular formula is C25H21FN2O4. The maximum Gasteiger partial charge on any atom is 0.269 e. The molecule has 0 saturated carbocycles. The highest BCUT2D eigenvalue weighted by Gasteiger charge is 2.32. The zero-order valence-electron chi connectivity index (χ0n) is 17.6. The number of hydrogen-bond acceptors (Lipinski definition) is 5. The van der Waals surface area contributed by atoms with Gasteiger partial charge in [-0.3, -0.25) is 14.9 Å². The number of benzene rings is 3. The maximum absolute atomic E-state index is 13.7. The lowest BCUT2D eigenvalue weighted by molar-refractivity contribution is -0.384. The molecule has 1 aliphatic rings. The predicted octanol–water partition coefficient (Wildman–Crippen LogP) is 5.78. The number of ether oxygens (including phenoxy) is 1. The van der Waals surface area contributed by atoms with Crippen molar-refractivity contribution in [2.24, 2.45) is 0 Å². The summed E-state index contributed by atoms with van der Waals surface area (Å²) < 4.78 is 18.9. The van der Waals surface area contributed by atoms with E-state index >= 15 is 0 Å². The van der Waals surface area contributed by atoms with Gasteiger partial charge in [0, 0.05) is 29.9 Å². The van der Waals surface area contributed by atoms with E-state index in [0.29, 0.717) is 17.0 Å².